The second-order valence-corrected chi connectivity index (χ2v) is 6.39. The van der Waals surface area contributed by atoms with Crippen molar-refractivity contribution in [3.63, 3.8) is 0 Å². The van der Waals surface area contributed by atoms with Crippen LogP contribution in [0.25, 0.3) is 5.65 Å². The first-order chi connectivity index (χ1) is 12.8. The van der Waals surface area contributed by atoms with E-state index in [9.17, 15) is 10.1 Å². The Kier molecular flexibility index (Phi) is 4.42. The molecule has 4 rings (SSSR count). The van der Waals surface area contributed by atoms with Crippen LogP contribution in [0.2, 0.25) is 0 Å². The number of anilines is 1. The van der Waals surface area contributed by atoms with Crippen LogP contribution in [-0.4, -0.2) is 51.8 Å². The first-order valence-electron chi connectivity index (χ1n) is 8.77. The standard InChI is InChI=1S/C19H20N6O/c20-15-16-5-1-2-6-17(16)23-12-9-22(10-13-23)11-14-25-19(26)24-8-4-3-7-18(24)21-25/h1-8H,9-14H2. The molecule has 1 aromatic carbocycles. The summed E-state index contributed by atoms with van der Waals surface area (Å²) < 4.78 is 3.10. The quantitative estimate of drug-likeness (QED) is 0.708. The van der Waals surface area contributed by atoms with Gasteiger partial charge in [-0.05, 0) is 24.3 Å². The number of nitriles is 1. The summed E-state index contributed by atoms with van der Waals surface area (Å²) in [6.07, 6.45) is 1.74. The predicted octanol–water partition coefficient (Wildman–Crippen LogP) is 1.19. The van der Waals surface area contributed by atoms with Gasteiger partial charge in [-0.25, -0.2) is 9.48 Å². The van der Waals surface area contributed by atoms with E-state index in [4.69, 9.17) is 0 Å². The average Bonchev–Trinajstić information content (AvgIpc) is 3.03. The summed E-state index contributed by atoms with van der Waals surface area (Å²) in [5.74, 6) is 0. The first kappa shape index (κ1) is 16.4. The lowest BCUT2D eigenvalue weighted by molar-refractivity contribution is 0.243. The Morgan fingerprint density at radius 2 is 1.77 bits per heavy atom. The molecule has 0 radical (unpaired) electrons. The lowest BCUT2D eigenvalue weighted by Gasteiger charge is -2.36. The van der Waals surface area contributed by atoms with Crippen LogP contribution < -0.4 is 10.6 Å². The molecule has 3 aromatic rings. The third-order valence-electron chi connectivity index (χ3n) is 4.85. The van der Waals surface area contributed by atoms with Gasteiger partial charge in [0.15, 0.2) is 5.65 Å². The maximum Gasteiger partial charge on any atom is 0.350 e. The molecule has 7 nitrogen and oxygen atoms in total. The normalized spacial score (nSPS) is 15.3. The number of hydrogen-bond acceptors (Lipinski definition) is 5. The number of benzene rings is 1. The Morgan fingerprint density at radius 3 is 2.54 bits per heavy atom. The molecule has 1 saturated heterocycles. The smallest absolute Gasteiger partial charge is 0.350 e. The van der Waals surface area contributed by atoms with Crippen LogP contribution in [0.15, 0.2) is 53.5 Å². The van der Waals surface area contributed by atoms with Crippen molar-refractivity contribution in [1.82, 2.24) is 19.1 Å². The highest BCUT2D eigenvalue weighted by atomic mass is 16.2. The summed E-state index contributed by atoms with van der Waals surface area (Å²) in [5, 5.41) is 13.6. The van der Waals surface area contributed by atoms with Gasteiger partial charge in [-0.1, -0.05) is 18.2 Å². The average molecular weight is 348 g/mol. The minimum atomic E-state index is -0.0952. The van der Waals surface area contributed by atoms with Gasteiger partial charge in [0.05, 0.1) is 17.8 Å². The first-order valence-corrected chi connectivity index (χ1v) is 8.77. The van der Waals surface area contributed by atoms with Gasteiger partial charge in [-0.3, -0.25) is 9.30 Å². The molecule has 0 N–H and O–H groups in total. The number of pyridine rings is 1. The van der Waals surface area contributed by atoms with E-state index in [1.807, 2.05) is 42.5 Å². The number of hydrogen-bond donors (Lipinski definition) is 0. The van der Waals surface area contributed by atoms with Crippen LogP contribution in [0.1, 0.15) is 5.56 Å². The lowest BCUT2D eigenvalue weighted by atomic mass is 10.1. The molecule has 0 atom stereocenters. The van der Waals surface area contributed by atoms with Crippen LogP contribution in [0.4, 0.5) is 5.69 Å². The second kappa shape index (κ2) is 7.02. The van der Waals surface area contributed by atoms with Crippen LogP contribution in [0.3, 0.4) is 0 Å². The van der Waals surface area contributed by atoms with Crippen molar-refractivity contribution in [2.45, 2.75) is 6.54 Å². The number of piperazine rings is 1. The van der Waals surface area contributed by atoms with E-state index in [1.165, 1.54) is 4.68 Å². The molecule has 0 spiro atoms. The molecule has 26 heavy (non-hydrogen) atoms. The number of rotatable bonds is 4. The molecule has 7 heteroatoms. The monoisotopic (exact) mass is 348 g/mol. The van der Waals surface area contributed by atoms with E-state index in [-0.39, 0.29) is 5.69 Å². The fourth-order valence-corrected chi connectivity index (χ4v) is 3.41. The minimum absolute atomic E-state index is 0.0952. The Labute approximate surface area is 151 Å². The molecule has 0 saturated carbocycles. The molecular formula is C19H20N6O. The maximum atomic E-state index is 12.3. The second-order valence-electron chi connectivity index (χ2n) is 6.39. The van der Waals surface area contributed by atoms with Gasteiger partial charge in [0, 0.05) is 38.9 Å². The molecule has 1 fully saturated rings. The van der Waals surface area contributed by atoms with Crippen molar-refractivity contribution in [2.24, 2.45) is 0 Å². The van der Waals surface area contributed by atoms with Crippen molar-refractivity contribution in [2.75, 3.05) is 37.6 Å². The van der Waals surface area contributed by atoms with Crippen LogP contribution >= 0.6 is 0 Å². The van der Waals surface area contributed by atoms with E-state index >= 15 is 0 Å². The fraction of sp³-hybridized carbons (Fsp3) is 0.316. The summed E-state index contributed by atoms with van der Waals surface area (Å²) in [6.45, 7) is 4.92. The van der Waals surface area contributed by atoms with Crippen LogP contribution in [0, 0.1) is 11.3 Å². The minimum Gasteiger partial charge on any atom is -0.368 e. The van der Waals surface area contributed by atoms with Gasteiger partial charge in [-0.2, -0.15) is 5.26 Å². The number of nitrogens with zero attached hydrogens (tertiary/aromatic N) is 6. The summed E-state index contributed by atoms with van der Waals surface area (Å²) in [5.41, 5.74) is 2.31. The van der Waals surface area contributed by atoms with Crippen molar-refractivity contribution in [1.29, 1.82) is 5.26 Å². The third kappa shape index (κ3) is 3.07. The molecule has 3 heterocycles. The summed E-state index contributed by atoms with van der Waals surface area (Å²) in [4.78, 5) is 16.9. The van der Waals surface area contributed by atoms with Gasteiger partial charge in [0.2, 0.25) is 0 Å². The molecule has 132 valence electrons. The number of fused-ring (bicyclic) bond motifs is 1. The van der Waals surface area contributed by atoms with Gasteiger partial charge >= 0.3 is 5.69 Å². The zero-order valence-corrected chi connectivity index (χ0v) is 14.5. The SMILES string of the molecule is N#Cc1ccccc1N1CCN(CCn2nc3ccccn3c2=O)CC1. The molecule has 2 aromatic heterocycles. The predicted molar refractivity (Wildman–Crippen MR) is 99.3 cm³/mol. The summed E-state index contributed by atoms with van der Waals surface area (Å²) >= 11 is 0. The Hall–Kier alpha value is -3.11. The van der Waals surface area contributed by atoms with Gasteiger partial charge in [-0.15, -0.1) is 5.10 Å². The van der Waals surface area contributed by atoms with Crippen LogP contribution in [0.5, 0.6) is 0 Å². The lowest BCUT2D eigenvalue weighted by Crippen LogP contribution is -2.47. The van der Waals surface area contributed by atoms with Gasteiger partial charge in [0.1, 0.15) is 6.07 Å². The zero-order valence-electron chi connectivity index (χ0n) is 14.5. The van der Waals surface area contributed by atoms with Crippen molar-refractivity contribution in [3.8, 4) is 6.07 Å². The fourth-order valence-electron chi connectivity index (χ4n) is 3.41. The Balaban J connectivity index is 1.37. The Bertz CT molecular complexity index is 1010. The molecular weight excluding hydrogens is 328 g/mol. The molecule has 0 aliphatic carbocycles. The van der Waals surface area contributed by atoms with E-state index in [1.54, 1.807) is 10.6 Å². The van der Waals surface area contributed by atoms with Gasteiger partial charge in [0.25, 0.3) is 0 Å². The van der Waals surface area contributed by atoms with E-state index in [0.29, 0.717) is 12.2 Å². The highest BCUT2D eigenvalue weighted by Crippen LogP contribution is 2.20. The van der Waals surface area contributed by atoms with Crippen LogP contribution in [-0.2, 0) is 6.54 Å². The van der Waals surface area contributed by atoms with E-state index in [2.05, 4.69) is 21.0 Å². The summed E-state index contributed by atoms with van der Waals surface area (Å²) in [7, 11) is 0. The molecule has 0 bridgehead atoms. The third-order valence-corrected chi connectivity index (χ3v) is 4.85. The van der Waals surface area contributed by atoms with Crippen molar-refractivity contribution in [3.05, 3.63) is 64.7 Å². The molecule has 1 aliphatic rings. The zero-order chi connectivity index (χ0) is 17.9. The van der Waals surface area contributed by atoms with E-state index in [0.717, 1.165) is 44.0 Å². The molecule has 0 amide bonds. The molecule has 1 aliphatic heterocycles. The summed E-state index contributed by atoms with van der Waals surface area (Å²) in [6, 6.07) is 15.5. The molecule has 0 unspecified atom stereocenters. The topological polar surface area (TPSA) is 69.6 Å². The largest absolute Gasteiger partial charge is 0.368 e. The highest BCUT2D eigenvalue weighted by Gasteiger charge is 2.19. The Morgan fingerprint density at radius 1 is 1.00 bits per heavy atom. The van der Waals surface area contributed by atoms with Crippen molar-refractivity contribution < 1.29 is 0 Å². The van der Waals surface area contributed by atoms with Crippen molar-refractivity contribution >= 4 is 11.3 Å². The highest BCUT2D eigenvalue weighted by molar-refractivity contribution is 5.59. The van der Waals surface area contributed by atoms with Gasteiger partial charge < -0.3 is 4.90 Å². The van der Waals surface area contributed by atoms with E-state index < -0.39 is 0 Å². The number of para-hydroxylation sites is 1. The number of aromatic nitrogens is 3. The maximum absolute atomic E-state index is 12.3.